The molecule has 38 heavy (non-hydrogen) atoms. The molecule has 3 aromatic carbocycles. The van der Waals surface area contributed by atoms with Crippen LogP contribution in [0.25, 0.3) is 6.08 Å². The van der Waals surface area contributed by atoms with Crippen LogP contribution in [-0.2, 0) is 15.8 Å². The van der Waals surface area contributed by atoms with Crippen molar-refractivity contribution < 1.29 is 27.6 Å². The number of carbonyl (C=O) groups is 3. The maximum absolute atomic E-state index is 13.9. The number of ketones is 1. The molecule has 0 aliphatic carbocycles. The number of nitrogens with zero attached hydrogens (tertiary/aromatic N) is 2. The van der Waals surface area contributed by atoms with Crippen molar-refractivity contribution in [2.45, 2.75) is 18.3 Å². The molecule has 3 aliphatic heterocycles. The van der Waals surface area contributed by atoms with Crippen molar-refractivity contribution in [3.63, 3.8) is 0 Å². The number of anilines is 1. The van der Waals surface area contributed by atoms with Gasteiger partial charge in [0.1, 0.15) is 6.04 Å². The van der Waals surface area contributed by atoms with Gasteiger partial charge in [-0.25, -0.2) is 4.90 Å². The topological polar surface area (TPSA) is 57.7 Å². The molecule has 2 fully saturated rings. The molecule has 2 saturated heterocycles. The molecule has 6 rings (SSSR count). The first-order valence-electron chi connectivity index (χ1n) is 11.7. The quantitative estimate of drug-likeness (QED) is 0.276. The summed E-state index contributed by atoms with van der Waals surface area (Å²) in [7, 11) is 0. The summed E-state index contributed by atoms with van der Waals surface area (Å²) in [5.41, 5.74) is 0.523. The van der Waals surface area contributed by atoms with Crippen LogP contribution in [0.15, 0.2) is 72.9 Å². The molecule has 3 heterocycles. The molecule has 5 nitrogen and oxygen atoms in total. The highest BCUT2D eigenvalue weighted by atomic mass is 35.5. The van der Waals surface area contributed by atoms with Gasteiger partial charge in [0.25, 0.3) is 0 Å². The van der Waals surface area contributed by atoms with Crippen LogP contribution in [-0.4, -0.2) is 28.5 Å². The summed E-state index contributed by atoms with van der Waals surface area (Å²) < 4.78 is 40.3. The van der Waals surface area contributed by atoms with Crippen LogP contribution in [0.1, 0.15) is 33.1 Å². The summed E-state index contributed by atoms with van der Waals surface area (Å²) in [4.78, 5) is 44.1. The maximum Gasteiger partial charge on any atom is 0.416 e. The molecule has 4 atom stereocenters. The molecule has 0 aromatic heterocycles. The summed E-state index contributed by atoms with van der Waals surface area (Å²) in [6.07, 6.45) is -1.17. The zero-order chi connectivity index (χ0) is 26.9. The normalized spacial score (nSPS) is 23.9. The lowest BCUT2D eigenvalue weighted by atomic mass is 9.83. The van der Waals surface area contributed by atoms with Gasteiger partial charge >= 0.3 is 6.18 Å². The lowest BCUT2D eigenvalue weighted by Crippen LogP contribution is -2.44. The number of carbonyl (C=O) groups excluding carboxylic acids is 3. The smallest absolute Gasteiger partial charge is 0.358 e. The van der Waals surface area contributed by atoms with E-state index in [1.54, 1.807) is 23.2 Å². The van der Waals surface area contributed by atoms with Gasteiger partial charge in [0.2, 0.25) is 11.8 Å². The summed E-state index contributed by atoms with van der Waals surface area (Å²) in [5.74, 6) is -4.01. The third-order valence-electron chi connectivity index (χ3n) is 7.36. The standard InChI is InChI=1S/C28H17Cl2F3N2O3/c29-16-8-9-19(20(30)13-16)25(36)24-22-21(23-18-7-2-1-4-14(18)10-11-34(23)24)26(37)35(27(22)38)17-6-3-5-15(12-17)28(31,32)33/h1-13,21-24H. The minimum Gasteiger partial charge on any atom is -0.358 e. The Morgan fingerprint density at radius 3 is 2.34 bits per heavy atom. The number of hydrogen-bond donors (Lipinski definition) is 0. The molecule has 0 bridgehead atoms. The first kappa shape index (κ1) is 24.7. The van der Waals surface area contributed by atoms with Gasteiger partial charge in [-0.05, 0) is 53.6 Å². The SMILES string of the molecule is O=C(c1ccc(Cl)cc1Cl)C1C2C(=O)N(c3cccc(C(F)(F)F)c3)C(=O)C2C2c3ccccc3C=CN12. The van der Waals surface area contributed by atoms with E-state index in [0.717, 1.165) is 34.2 Å². The van der Waals surface area contributed by atoms with Crippen LogP contribution in [0.4, 0.5) is 18.9 Å². The minimum atomic E-state index is -4.66. The number of hydrogen-bond acceptors (Lipinski definition) is 4. The second-order valence-corrected chi connectivity index (χ2v) is 10.2. The molecule has 0 N–H and O–H groups in total. The molecule has 0 radical (unpaired) electrons. The monoisotopic (exact) mass is 556 g/mol. The summed E-state index contributed by atoms with van der Waals surface area (Å²) in [5, 5.41) is 0.416. The highest BCUT2D eigenvalue weighted by molar-refractivity contribution is 6.37. The van der Waals surface area contributed by atoms with E-state index in [4.69, 9.17) is 23.2 Å². The second kappa shape index (κ2) is 8.71. The maximum atomic E-state index is 13.9. The molecule has 10 heteroatoms. The van der Waals surface area contributed by atoms with Crippen molar-refractivity contribution in [1.29, 1.82) is 0 Å². The Morgan fingerprint density at radius 1 is 0.868 bits per heavy atom. The van der Waals surface area contributed by atoms with Gasteiger partial charge in [-0.2, -0.15) is 13.2 Å². The first-order chi connectivity index (χ1) is 18.1. The highest BCUT2D eigenvalue weighted by Crippen LogP contribution is 2.54. The molecule has 0 saturated carbocycles. The van der Waals surface area contributed by atoms with Crippen molar-refractivity contribution in [1.82, 2.24) is 4.90 Å². The largest absolute Gasteiger partial charge is 0.416 e. The number of halogens is 5. The number of imide groups is 1. The van der Waals surface area contributed by atoms with Gasteiger partial charge in [0, 0.05) is 16.8 Å². The Balaban J connectivity index is 1.49. The Kier molecular flexibility index (Phi) is 5.66. The Hall–Kier alpha value is -3.62. The van der Waals surface area contributed by atoms with Crippen LogP contribution in [0.3, 0.4) is 0 Å². The molecule has 0 spiro atoms. The van der Waals surface area contributed by atoms with E-state index in [9.17, 15) is 27.6 Å². The lowest BCUT2D eigenvalue weighted by Gasteiger charge is -2.35. The summed E-state index contributed by atoms with van der Waals surface area (Å²) in [6.45, 7) is 0. The van der Waals surface area contributed by atoms with Crippen LogP contribution >= 0.6 is 23.2 Å². The molecule has 192 valence electrons. The Morgan fingerprint density at radius 2 is 1.61 bits per heavy atom. The predicted octanol–water partition coefficient (Wildman–Crippen LogP) is 6.41. The van der Waals surface area contributed by atoms with Gasteiger partial charge in [-0.15, -0.1) is 0 Å². The van der Waals surface area contributed by atoms with Crippen LogP contribution in [0.2, 0.25) is 10.0 Å². The minimum absolute atomic E-state index is 0.0930. The fourth-order valence-corrected chi connectivity index (χ4v) is 6.28. The molecule has 3 aliphatic rings. The highest BCUT2D eigenvalue weighted by Gasteiger charge is 2.64. The number of rotatable bonds is 3. The molecular weight excluding hydrogens is 540 g/mol. The van der Waals surface area contributed by atoms with Crippen molar-refractivity contribution in [3.05, 3.63) is 105 Å². The van der Waals surface area contributed by atoms with E-state index in [1.807, 2.05) is 18.2 Å². The molecule has 4 unspecified atom stereocenters. The zero-order valence-corrected chi connectivity index (χ0v) is 20.8. The third-order valence-corrected chi connectivity index (χ3v) is 7.91. The molecular formula is C28H17Cl2F3N2O3. The van der Waals surface area contributed by atoms with Gasteiger partial charge in [0.05, 0.1) is 34.2 Å². The Labute approximate surface area is 225 Å². The van der Waals surface area contributed by atoms with Crippen molar-refractivity contribution in [3.8, 4) is 0 Å². The predicted molar refractivity (Wildman–Crippen MR) is 136 cm³/mol. The zero-order valence-electron chi connectivity index (χ0n) is 19.3. The average Bonchev–Trinajstić information content (AvgIpc) is 3.35. The Bertz CT molecular complexity index is 1550. The third kappa shape index (κ3) is 3.66. The lowest BCUT2D eigenvalue weighted by molar-refractivity contribution is -0.137. The van der Waals surface area contributed by atoms with Gasteiger partial charge in [0.15, 0.2) is 5.78 Å². The van der Waals surface area contributed by atoms with Crippen LogP contribution in [0.5, 0.6) is 0 Å². The number of Topliss-reactive ketones (excluding diaryl/α,β-unsaturated/α-hetero) is 1. The molecule has 3 aromatic rings. The number of benzene rings is 3. The fraction of sp³-hybridized carbons (Fsp3) is 0.179. The van der Waals surface area contributed by atoms with Crippen molar-refractivity contribution in [2.24, 2.45) is 11.8 Å². The number of fused-ring (bicyclic) bond motifs is 5. The summed E-state index contributed by atoms with van der Waals surface area (Å²) >= 11 is 12.3. The van der Waals surface area contributed by atoms with Crippen molar-refractivity contribution >= 4 is 52.6 Å². The first-order valence-corrected chi connectivity index (χ1v) is 12.4. The van der Waals surface area contributed by atoms with E-state index in [-0.39, 0.29) is 16.3 Å². The molecule has 2 amide bonds. The van der Waals surface area contributed by atoms with E-state index in [0.29, 0.717) is 5.02 Å². The van der Waals surface area contributed by atoms with Crippen molar-refractivity contribution in [2.75, 3.05) is 4.90 Å². The second-order valence-electron chi connectivity index (χ2n) is 9.38. The van der Waals surface area contributed by atoms with Crippen LogP contribution < -0.4 is 4.90 Å². The van der Waals surface area contributed by atoms with Gasteiger partial charge in [-0.1, -0.05) is 53.5 Å². The average molecular weight is 557 g/mol. The fourth-order valence-electron chi connectivity index (χ4n) is 5.78. The van der Waals surface area contributed by atoms with Gasteiger partial charge in [-0.3, -0.25) is 14.4 Å². The summed E-state index contributed by atoms with van der Waals surface area (Å²) in [6, 6.07) is 14.0. The van der Waals surface area contributed by atoms with E-state index >= 15 is 0 Å². The van der Waals surface area contributed by atoms with Gasteiger partial charge < -0.3 is 4.90 Å². The van der Waals surface area contributed by atoms with E-state index < -0.39 is 53.3 Å². The van der Waals surface area contributed by atoms with E-state index in [1.165, 1.54) is 24.3 Å². The number of alkyl halides is 3. The van der Waals surface area contributed by atoms with Crippen LogP contribution in [0, 0.1) is 11.8 Å². The number of amides is 2. The van der Waals surface area contributed by atoms with E-state index in [2.05, 4.69) is 0 Å².